The highest BCUT2D eigenvalue weighted by atomic mass is 32.1. The lowest BCUT2D eigenvalue weighted by Crippen LogP contribution is -2.75. The normalized spacial score (nSPS) is 13.2. The molecule has 0 spiro atoms. The molecule has 83 heavy (non-hydrogen) atoms. The van der Waals surface area contributed by atoms with Crippen molar-refractivity contribution in [2.24, 2.45) is 0 Å². The first-order valence-corrected chi connectivity index (χ1v) is 23.6. The molecular weight excluding hydrogens is 1190 g/mol. The second-order valence-electron chi connectivity index (χ2n) is 18.4. The number of Topliss-reactive ketones (excluding diaryl/α,β-unsaturated/α-hetero) is 1. The highest BCUT2D eigenvalue weighted by Crippen LogP contribution is 2.42. The Morgan fingerprint density at radius 3 is 0.964 bits per heavy atom. The molecule has 8 aromatic rings. The Bertz CT molecular complexity index is 3270. The van der Waals surface area contributed by atoms with E-state index in [0.29, 0.717) is 0 Å². The van der Waals surface area contributed by atoms with Gasteiger partial charge in [-0.15, -0.1) is 12.6 Å². The maximum atomic E-state index is 14.2. The number of nitrogens with zero attached hydrogens (tertiary/aromatic N) is 1. The average molecular weight is 1220 g/mol. The number of halogens is 24. The van der Waals surface area contributed by atoms with Crippen LogP contribution in [0.2, 0.25) is 0 Å². The van der Waals surface area contributed by atoms with Crippen molar-refractivity contribution in [3.63, 3.8) is 0 Å². The van der Waals surface area contributed by atoms with Crippen LogP contribution in [0.25, 0.3) is 22.0 Å². The maximum Gasteiger partial charge on any atom is 0.416 e. The van der Waals surface area contributed by atoms with E-state index < -0.39 is 195 Å². The van der Waals surface area contributed by atoms with Crippen molar-refractivity contribution in [1.82, 2.24) is 0 Å². The van der Waals surface area contributed by atoms with Crippen molar-refractivity contribution in [2.75, 3.05) is 0 Å². The fourth-order valence-corrected chi connectivity index (χ4v) is 9.57. The number of ketones is 1. The van der Waals surface area contributed by atoms with Gasteiger partial charge in [0, 0.05) is 16.5 Å². The summed E-state index contributed by atoms with van der Waals surface area (Å²) in [5.41, 5.74) is -27.5. The van der Waals surface area contributed by atoms with Crippen molar-refractivity contribution >= 4 is 57.2 Å². The lowest BCUT2D eigenvalue weighted by atomic mass is 9.12. The number of hydrogen-bond acceptors (Lipinski definition) is 2. The number of rotatable bonds is 8. The number of thiol groups is 1. The molecule has 438 valence electrons. The van der Waals surface area contributed by atoms with E-state index in [1.165, 1.54) is 0 Å². The van der Waals surface area contributed by atoms with Crippen molar-refractivity contribution in [3.05, 3.63) is 214 Å². The summed E-state index contributed by atoms with van der Waals surface area (Å²) < 4.78 is 343. The third-order valence-electron chi connectivity index (χ3n) is 12.9. The number of hydrogen-bond donors (Lipinski definition) is 1. The Hall–Kier alpha value is -7.65. The predicted molar refractivity (Wildman–Crippen MR) is 258 cm³/mol. The third-order valence-corrected chi connectivity index (χ3v) is 13.3. The number of carbonyl (C=O) groups excluding carboxylic acids is 1. The zero-order valence-electron chi connectivity index (χ0n) is 40.7. The summed E-state index contributed by atoms with van der Waals surface area (Å²) in [4.78, 5) is 13.7. The van der Waals surface area contributed by atoms with Crippen LogP contribution in [0, 0.1) is 0 Å². The average Bonchev–Trinajstić information content (AvgIpc) is 0.920. The molecule has 0 fully saturated rings. The van der Waals surface area contributed by atoms with Gasteiger partial charge in [0.2, 0.25) is 18.0 Å². The Kier molecular flexibility index (Phi) is 16.8. The van der Waals surface area contributed by atoms with Crippen LogP contribution in [0.5, 0.6) is 0 Å². The SMILES string of the molecule is FC(F)(F)c1cc([B-](c2cc(C(F)(F)F)cc(C(F)(F)F)c2)(c2cc(C(F)(F)F)cc(C(F)(F)F)c2)c2cc(C(F)(F)F)cc(C(F)(F)F)c2)cc(C(F)(F)F)c1.O=C(C[n+]1ccc2ccccc2c1-c1ccccc1S)c1ccccc1. The summed E-state index contributed by atoms with van der Waals surface area (Å²) in [6.07, 6.45) is -52.8. The van der Waals surface area contributed by atoms with Crippen LogP contribution in [0.15, 0.2) is 169 Å². The first kappa shape index (κ1) is 62.9. The van der Waals surface area contributed by atoms with Crippen molar-refractivity contribution in [2.45, 2.75) is 60.9 Å². The molecule has 0 N–H and O–H groups in total. The second kappa shape index (κ2) is 22.2. The van der Waals surface area contributed by atoms with E-state index in [-0.39, 0.29) is 12.3 Å². The van der Waals surface area contributed by atoms with Gasteiger partial charge in [-0.3, -0.25) is 4.79 Å². The van der Waals surface area contributed by atoms with E-state index in [2.05, 4.69) is 30.8 Å². The van der Waals surface area contributed by atoms with Crippen LogP contribution in [0.3, 0.4) is 0 Å². The molecule has 1 heterocycles. The number of alkyl halides is 24. The fraction of sp³-hybridized carbons (Fsp3) is 0.164. The van der Waals surface area contributed by atoms with Crippen LogP contribution in [-0.4, -0.2) is 11.9 Å². The van der Waals surface area contributed by atoms with Gasteiger partial charge in [0.1, 0.15) is 6.15 Å². The molecule has 0 bridgehead atoms. The van der Waals surface area contributed by atoms with Gasteiger partial charge in [-0.1, -0.05) is 109 Å². The zero-order chi connectivity index (χ0) is 61.8. The lowest BCUT2D eigenvalue weighted by Gasteiger charge is -2.46. The summed E-state index contributed by atoms with van der Waals surface area (Å²) in [6, 6.07) is 18.9. The Morgan fingerprint density at radius 2 is 0.651 bits per heavy atom. The van der Waals surface area contributed by atoms with Gasteiger partial charge in [-0.2, -0.15) is 132 Å². The molecule has 28 heteroatoms. The highest BCUT2D eigenvalue weighted by molar-refractivity contribution is 7.80. The van der Waals surface area contributed by atoms with Crippen molar-refractivity contribution < 1.29 is 115 Å². The minimum Gasteiger partial charge on any atom is -0.287 e. The molecular formula is C55H30BF24NOS. The highest BCUT2D eigenvalue weighted by Gasteiger charge is 2.47. The van der Waals surface area contributed by atoms with Gasteiger partial charge < -0.3 is 0 Å². The molecule has 2 nitrogen and oxygen atoms in total. The monoisotopic (exact) mass is 1220 g/mol. The molecule has 8 rings (SSSR count). The first-order chi connectivity index (χ1) is 38.0. The molecule has 1 aromatic heterocycles. The molecule has 0 saturated carbocycles. The van der Waals surface area contributed by atoms with Crippen LogP contribution < -0.4 is 26.4 Å². The van der Waals surface area contributed by atoms with Gasteiger partial charge >= 0.3 is 49.4 Å². The largest absolute Gasteiger partial charge is 0.416 e. The smallest absolute Gasteiger partial charge is 0.287 e. The number of pyridine rings is 1. The Labute approximate surface area is 456 Å². The molecule has 7 aromatic carbocycles. The van der Waals surface area contributed by atoms with E-state index in [1.54, 1.807) is 0 Å². The fourth-order valence-electron chi connectivity index (χ4n) is 9.30. The first-order valence-electron chi connectivity index (χ1n) is 23.1. The van der Waals surface area contributed by atoms with Crippen LogP contribution >= 0.6 is 12.6 Å². The number of fused-ring (bicyclic) bond motifs is 1. The molecule has 0 amide bonds. The molecule has 0 saturated heterocycles. The van der Waals surface area contributed by atoms with E-state index >= 15 is 0 Å². The number of aromatic nitrogens is 1. The van der Waals surface area contributed by atoms with Gasteiger partial charge in [-0.05, 0) is 47.9 Å². The Balaban J connectivity index is 0.000000313. The maximum absolute atomic E-state index is 14.2. The van der Waals surface area contributed by atoms with Crippen LogP contribution in [-0.2, 0) is 56.0 Å². The summed E-state index contributed by atoms with van der Waals surface area (Å²) in [6.45, 7) is 0.284. The van der Waals surface area contributed by atoms with E-state index in [0.717, 1.165) is 32.5 Å². The zero-order valence-corrected chi connectivity index (χ0v) is 41.6. The lowest BCUT2D eigenvalue weighted by molar-refractivity contribution is -0.671. The molecule has 0 aliphatic rings. The second-order valence-corrected chi connectivity index (χ2v) is 18.9. The molecule has 0 aliphatic heterocycles. The van der Waals surface area contributed by atoms with E-state index in [4.69, 9.17) is 0 Å². The molecule has 0 radical (unpaired) electrons. The van der Waals surface area contributed by atoms with E-state index in [1.807, 2.05) is 77.5 Å². The van der Waals surface area contributed by atoms with Crippen LogP contribution in [0.4, 0.5) is 105 Å². The van der Waals surface area contributed by atoms with Gasteiger partial charge in [-0.25, -0.2) is 0 Å². The summed E-state index contributed by atoms with van der Waals surface area (Å²) >= 11 is 4.64. The van der Waals surface area contributed by atoms with Crippen LogP contribution in [0.1, 0.15) is 54.9 Å². The minimum atomic E-state index is -6.13. The Morgan fingerprint density at radius 1 is 0.361 bits per heavy atom. The topological polar surface area (TPSA) is 20.9 Å². The van der Waals surface area contributed by atoms with Crippen molar-refractivity contribution in [1.29, 1.82) is 0 Å². The third kappa shape index (κ3) is 13.9. The van der Waals surface area contributed by atoms with E-state index in [9.17, 15) is 110 Å². The molecule has 0 unspecified atom stereocenters. The minimum absolute atomic E-state index is 0.0868. The quantitative estimate of drug-likeness (QED) is 0.0529. The number of benzene rings is 7. The molecule has 0 aliphatic carbocycles. The summed E-state index contributed by atoms with van der Waals surface area (Å²) in [5.74, 6) is 0.0868. The van der Waals surface area contributed by atoms with Crippen molar-refractivity contribution in [3.8, 4) is 11.3 Å². The van der Waals surface area contributed by atoms with Gasteiger partial charge in [0.05, 0.1) is 55.5 Å². The summed E-state index contributed by atoms with van der Waals surface area (Å²) in [5, 5.41) is 2.25. The molecule has 0 atom stereocenters. The number of carbonyl (C=O) groups is 1. The van der Waals surface area contributed by atoms with Gasteiger partial charge in [0.15, 0.2) is 6.20 Å². The predicted octanol–water partition coefficient (Wildman–Crippen LogP) is 16.2. The summed E-state index contributed by atoms with van der Waals surface area (Å²) in [7, 11) is 0. The van der Waals surface area contributed by atoms with Gasteiger partial charge in [0.25, 0.3) is 0 Å². The standard InChI is InChI=1S/C32H12BF24.C23H17NOS/c34-25(35,36)13-1-14(26(37,38)39)6-21(5-13)33(22-7-15(27(40,41)42)2-16(8-22)28(43,44)45,23-9-17(29(46,47)48)3-18(10-23)30(49,50)51)24-11-19(31(52,53)54)4-20(12-24)32(55,56)57;25-21(18-9-2-1-3-10-18)16-24-15-14-17-8-4-5-11-19(17)23(24)20-12-6-7-13-22(20)26/h1-12H;1-15H,16H2/q-1;/p+1.